The van der Waals surface area contributed by atoms with E-state index in [2.05, 4.69) is 11.8 Å². The second-order valence-corrected chi connectivity index (χ2v) is 7.89. The Morgan fingerprint density at radius 3 is 2.19 bits per heavy atom. The van der Waals surface area contributed by atoms with E-state index in [-0.39, 0.29) is 11.8 Å². The second-order valence-electron chi connectivity index (χ2n) is 7.45. The SMILES string of the molecule is CCCCCCCCN1C(=O)C(c2ccc(Cl)cc2)=C(N2CCCC2)C1=O. The lowest BCUT2D eigenvalue weighted by Crippen LogP contribution is -2.35. The van der Waals surface area contributed by atoms with Crippen LogP contribution in [-0.4, -0.2) is 41.2 Å². The number of unbranched alkanes of at least 4 members (excludes halogenated alkanes) is 5. The van der Waals surface area contributed by atoms with E-state index in [4.69, 9.17) is 11.6 Å². The molecule has 1 fully saturated rings. The largest absolute Gasteiger partial charge is 0.366 e. The number of likely N-dealkylation sites (tertiary alicyclic amines) is 1. The van der Waals surface area contributed by atoms with E-state index in [1.807, 2.05) is 12.1 Å². The molecule has 5 heteroatoms. The van der Waals surface area contributed by atoms with E-state index in [9.17, 15) is 9.59 Å². The predicted molar refractivity (Wildman–Crippen MR) is 109 cm³/mol. The molecular weight excluding hydrogens is 360 g/mol. The van der Waals surface area contributed by atoms with Crippen molar-refractivity contribution < 1.29 is 9.59 Å². The molecule has 1 aromatic rings. The third-order valence-electron chi connectivity index (χ3n) is 5.43. The van der Waals surface area contributed by atoms with Crippen LogP contribution in [-0.2, 0) is 9.59 Å². The normalized spacial score (nSPS) is 17.6. The Bertz CT molecular complexity index is 706. The molecule has 0 bridgehead atoms. The summed E-state index contributed by atoms with van der Waals surface area (Å²) < 4.78 is 0. The van der Waals surface area contributed by atoms with E-state index >= 15 is 0 Å². The van der Waals surface area contributed by atoms with Crippen molar-refractivity contribution in [3.63, 3.8) is 0 Å². The summed E-state index contributed by atoms with van der Waals surface area (Å²) in [6.45, 7) is 4.40. The molecule has 0 radical (unpaired) electrons. The van der Waals surface area contributed by atoms with Crippen LogP contribution in [0.2, 0.25) is 5.02 Å². The molecule has 0 aliphatic carbocycles. The second kappa shape index (κ2) is 9.41. The molecule has 4 nitrogen and oxygen atoms in total. The zero-order valence-electron chi connectivity index (χ0n) is 16.2. The first kappa shape index (κ1) is 19.9. The standard InChI is InChI=1S/C22H29ClN2O2/c1-2-3-4-5-6-7-16-25-21(26)19(17-10-12-18(23)13-11-17)20(22(25)27)24-14-8-9-15-24/h10-13H,2-9,14-16H2,1H3. The van der Waals surface area contributed by atoms with Gasteiger partial charge in [0.25, 0.3) is 11.8 Å². The molecular formula is C22H29ClN2O2. The predicted octanol–water partition coefficient (Wildman–Crippen LogP) is 4.88. The minimum absolute atomic E-state index is 0.125. The zero-order valence-corrected chi connectivity index (χ0v) is 16.9. The molecule has 0 saturated carbocycles. The van der Waals surface area contributed by atoms with Crippen LogP contribution in [0.1, 0.15) is 63.9 Å². The van der Waals surface area contributed by atoms with Gasteiger partial charge in [-0.25, -0.2) is 0 Å². The zero-order chi connectivity index (χ0) is 19.2. The Morgan fingerprint density at radius 2 is 1.52 bits per heavy atom. The topological polar surface area (TPSA) is 40.6 Å². The average molecular weight is 389 g/mol. The van der Waals surface area contributed by atoms with Gasteiger partial charge in [0, 0.05) is 24.7 Å². The van der Waals surface area contributed by atoms with Crippen molar-refractivity contribution in [1.82, 2.24) is 9.80 Å². The summed E-state index contributed by atoms with van der Waals surface area (Å²) in [6, 6.07) is 7.24. The van der Waals surface area contributed by atoms with Crippen molar-refractivity contribution in [2.45, 2.75) is 58.3 Å². The highest BCUT2D eigenvalue weighted by molar-refractivity contribution is 6.36. The molecule has 3 rings (SSSR count). The van der Waals surface area contributed by atoms with E-state index in [0.717, 1.165) is 44.3 Å². The van der Waals surface area contributed by atoms with E-state index in [1.165, 1.54) is 30.6 Å². The Balaban J connectivity index is 1.76. The van der Waals surface area contributed by atoms with Crippen LogP contribution in [0.5, 0.6) is 0 Å². The summed E-state index contributed by atoms with van der Waals surface area (Å²) in [6.07, 6.45) is 8.94. The first-order chi connectivity index (χ1) is 13.1. The van der Waals surface area contributed by atoms with E-state index < -0.39 is 0 Å². The molecule has 2 amide bonds. The molecule has 2 heterocycles. The smallest absolute Gasteiger partial charge is 0.277 e. The van der Waals surface area contributed by atoms with Crippen molar-refractivity contribution >= 4 is 29.0 Å². The van der Waals surface area contributed by atoms with Gasteiger partial charge < -0.3 is 4.90 Å². The van der Waals surface area contributed by atoms with Gasteiger partial charge in [-0.05, 0) is 37.0 Å². The maximum atomic E-state index is 13.1. The highest BCUT2D eigenvalue weighted by Gasteiger charge is 2.41. The maximum Gasteiger partial charge on any atom is 0.277 e. The monoisotopic (exact) mass is 388 g/mol. The lowest BCUT2D eigenvalue weighted by Gasteiger charge is -2.20. The lowest BCUT2D eigenvalue weighted by molar-refractivity contribution is -0.137. The molecule has 0 N–H and O–H groups in total. The molecule has 0 atom stereocenters. The van der Waals surface area contributed by atoms with Crippen molar-refractivity contribution in [3.05, 3.63) is 40.5 Å². The van der Waals surface area contributed by atoms with Crippen LogP contribution < -0.4 is 0 Å². The molecule has 27 heavy (non-hydrogen) atoms. The minimum atomic E-state index is -0.155. The number of carbonyl (C=O) groups excluding carboxylic acids is 2. The quantitative estimate of drug-likeness (QED) is 0.447. The van der Waals surface area contributed by atoms with Gasteiger partial charge >= 0.3 is 0 Å². The fourth-order valence-electron chi connectivity index (χ4n) is 3.93. The third-order valence-corrected chi connectivity index (χ3v) is 5.69. The van der Waals surface area contributed by atoms with Crippen LogP contribution in [0, 0.1) is 0 Å². The number of halogens is 1. The first-order valence-corrected chi connectivity index (χ1v) is 10.6. The van der Waals surface area contributed by atoms with Gasteiger partial charge in [-0.15, -0.1) is 0 Å². The summed E-state index contributed by atoms with van der Waals surface area (Å²) in [4.78, 5) is 29.8. The number of rotatable bonds is 9. The number of carbonyl (C=O) groups is 2. The van der Waals surface area contributed by atoms with Gasteiger partial charge in [0.1, 0.15) is 5.70 Å². The number of imide groups is 1. The Kier molecular flexibility index (Phi) is 6.95. The number of hydrogen-bond donors (Lipinski definition) is 0. The van der Waals surface area contributed by atoms with Crippen LogP contribution in [0.15, 0.2) is 30.0 Å². The van der Waals surface area contributed by atoms with Gasteiger partial charge in [-0.3, -0.25) is 14.5 Å². The molecule has 2 aliphatic heterocycles. The maximum absolute atomic E-state index is 13.1. The fraction of sp³-hybridized carbons (Fsp3) is 0.545. The molecule has 146 valence electrons. The molecule has 1 saturated heterocycles. The summed E-state index contributed by atoms with van der Waals surface area (Å²) in [7, 11) is 0. The molecule has 0 unspecified atom stereocenters. The van der Waals surface area contributed by atoms with Crippen molar-refractivity contribution in [2.75, 3.05) is 19.6 Å². The molecule has 0 spiro atoms. The van der Waals surface area contributed by atoms with Crippen LogP contribution in [0.4, 0.5) is 0 Å². The number of nitrogens with zero attached hydrogens (tertiary/aromatic N) is 2. The third kappa shape index (κ3) is 4.55. The number of amides is 2. The lowest BCUT2D eigenvalue weighted by atomic mass is 10.0. The minimum Gasteiger partial charge on any atom is -0.366 e. The number of hydrogen-bond acceptors (Lipinski definition) is 3. The Morgan fingerprint density at radius 1 is 0.889 bits per heavy atom. The summed E-state index contributed by atoms with van der Waals surface area (Å²) in [5.74, 6) is -0.279. The van der Waals surface area contributed by atoms with Gasteiger partial charge in [-0.1, -0.05) is 62.8 Å². The highest BCUT2D eigenvalue weighted by Crippen LogP contribution is 2.34. The fourth-order valence-corrected chi connectivity index (χ4v) is 4.05. The highest BCUT2D eigenvalue weighted by atomic mass is 35.5. The summed E-state index contributed by atoms with van der Waals surface area (Å²) in [5.41, 5.74) is 1.92. The van der Waals surface area contributed by atoms with Gasteiger partial charge in [0.2, 0.25) is 0 Å². The van der Waals surface area contributed by atoms with Gasteiger partial charge in [0.15, 0.2) is 0 Å². The summed E-state index contributed by atoms with van der Waals surface area (Å²) >= 11 is 6.01. The number of benzene rings is 1. The Hall–Kier alpha value is -1.81. The molecule has 0 aromatic heterocycles. The van der Waals surface area contributed by atoms with Gasteiger partial charge in [-0.2, -0.15) is 0 Å². The van der Waals surface area contributed by atoms with Crippen molar-refractivity contribution in [1.29, 1.82) is 0 Å². The van der Waals surface area contributed by atoms with Crippen LogP contribution >= 0.6 is 11.6 Å². The van der Waals surface area contributed by atoms with Crippen LogP contribution in [0.3, 0.4) is 0 Å². The Labute approximate surface area is 167 Å². The van der Waals surface area contributed by atoms with Crippen LogP contribution in [0.25, 0.3) is 5.57 Å². The van der Waals surface area contributed by atoms with E-state index in [1.54, 1.807) is 12.1 Å². The van der Waals surface area contributed by atoms with Crippen molar-refractivity contribution in [2.24, 2.45) is 0 Å². The summed E-state index contributed by atoms with van der Waals surface area (Å²) in [5, 5.41) is 0.628. The van der Waals surface area contributed by atoms with Gasteiger partial charge in [0.05, 0.1) is 5.57 Å². The first-order valence-electron chi connectivity index (χ1n) is 10.2. The molecule has 2 aliphatic rings. The average Bonchev–Trinajstić information content (AvgIpc) is 3.27. The van der Waals surface area contributed by atoms with E-state index in [0.29, 0.717) is 22.8 Å². The molecule has 1 aromatic carbocycles. The van der Waals surface area contributed by atoms with Crippen molar-refractivity contribution in [3.8, 4) is 0 Å².